The Morgan fingerprint density at radius 3 is 2.81 bits per heavy atom. The number of ether oxygens (including phenoxy) is 1. The average molecular weight is 370 g/mol. The van der Waals surface area contributed by atoms with E-state index in [4.69, 9.17) is 22.1 Å². The van der Waals surface area contributed by atoms with Gasteiger partial charge in [-0.2, -0.15) is 0 Å². The lowest BCUT2D eigenvalue weighted by atomic mass is 10.2. The molecule has 21 heavy (non-hydrogen) atoms. The van der Waals surface area contributed by atoms with Gasteiger partial charge in [-0.3, -0.25) is 4.79 Å². The minimum Gasteiger partial charge on any atom is -0.490 e. The first kappa shape index (κ1) is 15.7. The Morgan fingerprint density at radius 2 is 2.05 bits per heavy atom. The number of nitrogens with two attached hydrogens (primary N) is 1. The highest BCUT2D eigenvalue weighted by Crippen LogP contribution is 2.21. The van der Waals surface area contributed by atoms with Crippen LogP contribution in [-0.2, 0) is 0 Å². The van der Waals surface area contributed by atoms with E-state index in [9.17, 15) is 4.79 Å². The third-order valence-corrected chi connectivity index (χ3v) is 3.66. The Morgan fingerprint density at radius 1 is 1.29 bits per heavy atom. The number of hydrogen-bond donors (Lipinski definition) is 2. The van der Waals surface area contributed by atoms with Crippen LogP contribution in [0.5, 0.6) is 5.75 Å². The first-order valence-electron chi connectivity index (χ1n) is 6.28. The van der Waals surface area contributed by atoms with Gasteiger partial charge >= 0.3 is 0 Å². The topological polar surface area (TPSA) is 64.3 Å². The summed E-state index contributed by atoms with van der Waals surface area (Å²) in [6, 6.07) is 12.3. The summed E-state index contributed by atoms with van der Waals surface area (Å²) in [6.07, 6.45) is 0. The number of carbonyl (C=O) groups excluding carboxylic acids is 1. The maximum Gasteiger partial charge on any atom is 0.252 e. The molecule has 0 aliphatic carbocycles. The van der Waals surface area contributed by atoms with Crippen LogP contribution in [-0.4, -0.2) is 19.1 Å². The lowest BCUT2D eigenvalue weighted by Crippen LogP contribution is -2.28. The number of benzene rings is 2. The quantitative estimate of drug-likeness (QED) is 0.626. The van der Waals surface area contributed by atoms with Gasteiger partial charge in [-0.1, -0.05) is 23.7 Å². The zero-order valence-electron chi connectivity index (χ0n) is 11.1. The molecule has 2 aromatic rings. The fourth-order valence-corrected chi connectivity index (χ4v) is 2.30. The molecule has 4 nitrogen and oxygen atoms in total. The lowest BCUT2D eigenvalue weighted by molar-refractivity contribution is 0.0946. The maximum atomic E-state index is 12.0. The standard InChI is InChI=1S/C15H14BrClN2O2/c16-12-6-5-10(17)9-11(12)15(20)19-7-8-21-14-4-2-1-3-13(14)18/h1-6,9H,7-8,18H2,(H,19,20). The van der Waals surface area contributed by atoms with Crippen LogP contribution in [0, 0.1) is 0 Å². The van der Waals surface area contributed by atoms with Gasteiger partial charge in [0.05, 0.1) is 17.8 Å². The van der Waals surface area contributed by atoms with Gasteiger partial charge in [0.15, 0.2) is 0 Å². The van der Waals surface area contributed by atoms with Crippen molar-refractivity contribution >= 4 is 39.1 Å². The van der Waals surface area contributed by atoms with Crippen LogP contribution in [0.1, 0.15) is 10.4 Å². The molecule has 0 aliphatic rings. The van der Waals surface area contributed by atoms with Crippen LogP contribution in [0.25, 0.3) is 0 Å². The number of carbonyl (C=O) groups is 1. The van der Waals surface area contributed by atoms with Crippen LogP contribution in [0.15, 0.2) is 46.9 Å². The molecule has 2 rings (SSSR count). The minimum atomic E-state index is -0.214. The third-order valence-electron chi connectivity index (χ3n) is 2.74. The van der Waals surface area contributed by atoms with E-state index in [1.807, 2.05) is 12.1 Å². The average Bonchev–Trinajstić information content (AvgIpc) is 2.47. The van der Waals surface area contributed by atoms with Gasteiger partial charge in [-0.15, -0.1) is 0 Å². The van der Waals surface area contributed by atoms with Gasteiger partial charge < -0.3 is 15.8 Å². The molecule has 0 saturated heterocycles. The Hall–Kier alpha value is -1.72. The van der Waals surface area contributed by atoms with E-state index in [1.165, 1.54) is 0 Å². The number of hydrogen-bond acceptors (Lipinski definition) is 3. The third kappa shape index (κ3) is 4.37. The van der Waals surface area contributed by atoms with Crippen LogP contribution < -0.4 is 15.8 Å². The second kappa shape index (κ2) is 7.33. The van der Waals surface area contributed by atoms with Crippen molar-refractivity contribution in [2.45, 2.75) is 0 Å². The second-order valence-corrected chi connectivity index (χ2v) is 5.56. The Bertz CT molecular complexity index is 649. The van der Waals surface area contributed by atoms with Crippen LogP contribution >= 0.6 is 27.5 Å². The van der Waals surface area contributed by atoms with Crippen LogP contribution in [0.4, 0.5) is 5.69 Å². The van der Waals surface area contributed by atoms with Gasteiger partial charge in [-0.25, -0.2) is 0 Å². The molecular weight excluding hydrogens is 356 g/mol. The van der Waals surface area contributed by atoms with Crippen molar-refractivity contribution in [3.63, 3.8) is 0 Å². The Kier molecular flexibility index (Phi) is 5.47. The van der Waals surface area contributed by atoms with E-state index in [-0.39, 0.29) is 5.91 Å². The number of amides is 1. The zero-order chi connectivity index (χ0) is 15.2. The summed E-state index contributed by atoms with van der Waals surface area (Å²) in [7, 11) is 0. The van der Waals surface area contributed by atoms with Crippen molar-refractivity contribution in [3.05, 3.63) is 57.5 Å². The number of para-hydroxylation sites is 2. The van der Waals surface area contributed by atoms with E-state index in [2.05, 4.69) is 21.2 Å². The smallest absolute Gasteiger partial charge is 0.252 e. The highest BCUT2D eigenvalue weighted by Gasteiger charge is 2.10. The summed E-state index contributed by atoms with van der Waals surface area (Å²) < 4.78 is 6.19. The molecule has 0 radical (unpaired) electrons. The van der Waals surface area contributed by atoms with Gasteiger partial charge in [0.25, 0.3) is 5.91 Å². The lowest BCUT2D eigenvalue weighted by Gasteiger charge is -2.10. The number of nitrogen functional groups attached to an aromatic ring is 1. The van der Waals surface area contributed by atoms with Gasteiger partial charge in [0, 0.05) is 9.50 Å². The minimum absolute atomic E-state index is 0.214. The largest absolute Gasteiger partial charge is 0.490 e. The summed E-state index contributed by atoms with van der Waals surface area (Å²) in [5, 5.41) is 3.27. The first-order chi connectivity index (χ1) is 10.1. The molecule has 0 unspecified atom stereocenters. The second-order valence-electron chi connectivity index (χ2n) is 4.27. The molecule has 0 spiro atoms. The van der Waals surface area contributed by atoms with Crippen molar-refractivity contribution in [1.29, 1.82) is 0 Å². The first-order valence-corrected chi connectivity index (χ1v) is 7.45. The van der Waals surface area contributed by atoms with Crippen LogP contribution in [0.3, 0.4) is 0 Å². The molecule has 0 aromatic heterocycles. The number of nitrogens with one attached hydrogen (secondary N) is 1. The zero-order valence-corrected chi connectivity index (χ0v) is 13.4. The molecule has 0 saturated carbocycles. The summed E-state index contributed by atoms with van der Waals surface area (Å²) in [5.41, 5.74) is 6.82. The van der Waals surface area contributed by atoms with E-state index in [0.29, 0.717) is 39.6 Å². The Labute approximate surface area is 136 Å². The van der Waals surface area contributed by atoms with E-state index >= 15 is 0 Å². The molecule has 3 N–H and O–H groups in total. The fourth-order valence-electron chi connectivity index (χ4n) is 1.70. The number of anilines is 1. The van der Waals surface area contributed by atoms with Crippen molar-refractivity contribution in [2.75, 3.05) is 18.9 Å². The predicted molar refractivity (Wildman–Crippen MR) is 87.8 cm³/mol. The van der Waals surface area contributed by atoms with Crippen molar-refractivity contribution < 1.29 is 9.53 Å². The summed E-state index contributed by atoms with van der Waals surface area (Å²) >= 11 is 9.20. The molecule has 0 heterocycles. The van der Waals surface area contributed by atoms with E-state index < -0.39 is 0 Å². The van der Waals surface area contributed by atoms with E-state index in [0.717, 1.165) is 0 Å². The molecule has 0 aliphatic heterocycles. The number of rotatable bonds is 5. The van der Waals surface area contributed by atoms with Gasteiger partial charge in [0.1, 0.15) is 12.4 Å². The Balaban J connectivity index is 1.85. The van der Waals surface area contributed by atoms with Crippen molar-refractivity contribution in [1.82, 2.24) is 5.32 Å². The van der Waals surface area contributed by atoms with E-state index in [1.54, 1.807) is 30.3 Å². The maximum absolute atomic E-state index is 12.0. The molecule has 0 atom stereocenters. The molecular formula is C15H14BrClN2O2. The SMILES string of the molecule is Nc1ccccc1OCCNC(=O)c1cc(Cl)ccc1Br. The summed E-state index contributed by atoms with van der Waals surface area (Å²) in [5.74, 6) is 0.393. The van der Waals surface area contributed by atoms with Crippen molar-refractivity contribution in [3.8, 4) is 5.75 Å². The molecule has 2 aromatic carbocycles. The highest BCUT2D eigenvalue weighted by atomic mass is 79.9. The predicted octanol–water partition coefficient (Wildman–Crippen LogP) is 3.49. The van der Waals surface area contributed by atoms with Crippen LogP contribution in [0.2, 0.25) is 5.02 Å². The highest BCUT2D eigenvalue weighted by molar-refractivity contribution is 9.10. The molecule has 1 amide bonds. The van der Waals surface area contributed by atoms with Gasteiger partial charge in [-0.05, 0) is 46.3 Å². The molecule has 110 valence electrons. The fraction of sp³-hybridized carbons (Fsp3) is 0.133. The number of halogens is 2. The summed E-state index contributed by atoms with van der Waals surface area (Å²) in [6.45, 7) is 0.699. The molecule has 0 fully saturated rings. The summed E-state index contributed by atoms with van der Waals surface area (Å²) in [4.78, 5) is 12.0. The van der Waals surface area contributed by atoms with Gasteiger partial charge in [0.2, 0.25) is 0 Å². The normalized spacial score (nSPS) is 10.2. The van der Waals surface area contributed by atoms with Crippen molar-refractivity contribution in [2.24, 2.45) is 0 Å². The monoisotopic (exact) mass is 368 g/mol. The molecule has 6 heteroatoms. The molecule has 0 bridgehead atoms.